The number of ether oxygens (including phenoxy) is 4. The van der Waals surface area contributed by atoms with Crippen LogP contribution < -0.4 is 45.3 Å². The molecule has 10 rings (SSSR count). The fourth-order valence-electron chi connectivity index (χ4n) is 9.04. The van der Waals surface area contributed by atoms with Crippen LogP contribution in [0.15, 0.2) is 77.2 Å². The second-order valence-electron chi connectivity index (χ2n) is 19.1. The summed E-state index contributed by atoms with van der Waals surface area (Å²) in [5.41, 5.74) is 16.6. The molecule has 8 heteroatoms. The lowest BCUT2D eigenvalue weighted by atomic mass is 9.35. The first-order chi connectivity index (χ1) is 26.5. The summed E-state index contributed by atoms with van der Waals surface area (Å²) in [7, 11) is 0. The lowest BCUT2D eigenvalue weighted by Gasteiger charge is -2.44. The Hall–Kier alpha value is -5.50. The highest BCUT2D eigenvalue weighted by Crippen LogP contribution is 2.52. The van der Waals surface area contributed by atoms with Crippen LogP contribution in [0.25, 0.3) is 11.0 Å². The van der Waals surface area contributed by atoms with E-state index in [4.69, 9.17) is 23.4 Å². The summed E-state index contributed by atoms with van der Waals surface area (Å²) < 4.78 is 31.1. The Morgan fingerprint density at radius 1 is 0.518 bits per heavy atom. The zero-order valence-corrected chi connectivity index (χ0v) is 34.4. The van der Waals surface area contributed by atoms with Gasteiger partial charge in [-0.05, 0) is 111 Å². The van der Waals surface area contributed by atoms with Crippen molar-refractivity contribution in [3.63, 3.8) is 0 Å². The summed E-state index contributed by atoms with van der Waals surface area (Å²) in [6, 6.07) is 26.9. The van der Waals surface area contributed by atoms with Crippen LogP contribution in [0.2, 0.25) is 0 Å². The van der Waals surface area contributed by atoms with Gasteiger partial charge in [-0.2, -0.15) is 0 Å². The molecular weight excluding hydrogens is 695 g/mol. The van der Waals surface area contributed by atoms with Crippen molar-refractivity contribution in [3.05, 3.63) is 101 Å². The van der Waals surface area contributed by atoms with E-state index in [-0.39, 0.29) is 36.5 Å². The normalized spacial score (nSPS) is 15.4. The van der Waals surface area contributed by atoms with E-state index < -0.39 is 0 Å². The number of rotatable bonds is 2. The fourth-order valence-corrected chi connectivity index (χ4v) is 9.04. The van der Waals surface area contributed by atoms with E-state index in [1.165, 1.54) is 39.0 Å². The van der Waals surface area contributed by atoms with Gasteiger partial charge < -0.3 is 33.2 Å². The van der Waals surface area contributed by atoms with Gasteiger partial charge in [0.2, 0.25) is 13.6 Å². The van der Waals surface area contributed by atoms with Crippen molar-refractivity contribution >= 4 is 68.4 Å². The molecule has 0 atom stereocenters. The largest absolute Gasteiger partial charge is 0.468 e. The Kier molecular flexibility index (Phi) is 7.20. The summed E-state index contributed by atoms with van der Waals surface area (Å²) in [6.07, 6.45) is 0. The molecule has 0 fully saturated rings. The van der Waals surface area contributed by atoms with Gasteiger partial charge in [-0.15, -0.1) is 0 Å². The van der Waals surface area contributed by atoms with Crippen LogP contribution in [0.5, 0.6) is 23.0 Å². The van der Waals surface area contributed by atoms with Crippen molar-refractivity contribution in [2.45, 2.75) is 92.4 Å². The van der Waals surface area contributed by atoms with Gasteiger partial charge in [0.05, 0.1) is 22.7 Å². The summed E-state index contributed by atoms with van der Waals surface area (Å²) in [5.74, 6) is 2.95. The first kappa shape index (κ1) is 35.0. The van der Waals surface area contributed by atoms with Crippen LogP contribution in [0.3, 0.4) is 0 Å². The number of nitrogens with zero attached hydrogens (tertiary/aromatic N) is 2. The Labute approximate surface area is 330 Å². The average Bonchev–Trinajstić information content (AvgIpc) is 3.88. The Bertz CT molecular complexity index is 2630. The van der Waals surface area contributed by atoms with E-state index in [0.29, 0.717) is 0 Å². The minimum absolute atomic E-state index is 0.00232. The highest BCUT2D eigenvalue weighted by atomic mass is 16.7. The topological polar surface area (TPSA) is 56.5 Å². The van der Waals surface area contributed by atoms with Crippen molar-refractivity contribution in [2.75, 3.05) is 23.4 Å². The Balaban J connectivity index is 1.36. The van der Waals surface area contributed by atoms with Gasteiger partial charge in [-0.25, -0.2) is 0 Å². The molecule has 0 N–H and O–H groups in total. The predicted octanol–water partition coefficient (Wildman–Crippen LogP) is 10.5. The highest BCUT2D eigenvalue weighted by Gasteiger charge is 2.48. The second kappa shape index (κ2) is 11.5. The molecule has 4 aliphatic heterocycles. The van der Waals surface area contributed by atoms with E-state index in [0.717, 1.165) is 73.5 Å². The molecule has 0 aliphatic carbocycles. The maximum Gasteiger partial charge on any atom is 0.297 e. The standard InChI is InChI=1S/C48H49BN2O5/c1-26-16-29(47(6,7)8)17-27(2)43(26)51-36-20-30(48(9,10)11)19-35-42(36)49(45-44(51)32-18-28(46(3,4)5)12-14-37(32)56-45)33-22-40-41(55-25-54-40)23-34(33)50(35)31-13-15-38-39(21-31)53-24-52-38/h12-23H,24-25H2,1-11H3. The fraction of sp³-hybridized carbons (Fsp3) is 0.333. The molecule has 284 valence electrons. The molecule has 5 aromatic carbocycles. The summed E-state index contributed by atoms with van der Waals surface area (Å²) >= 11 is 0. The minimum Gasteiger partial charge on any atom is -0.468 e. The zero-order chi connectivity index (χ0) is 39.2. The Morgan fingerprint density at radius 3 is 1.73 bits per heavy atom. The molecule has 4 aliphatic rings. The molecule has 0 radical (unpaired) electrons. The van der Waals surface area contributed by atoms with Crippen molar-refractivity contribution in [1.29, 1.82) is 0 Å². The monoisotopic (exact) mass is 744 g/mol. The molecule has 0 amide bonds. The minimum atomic E-state index is -0.227. The van der Waals surface area contributed by atoms with Crippen LogP contribution in [-0.4, -0.2) is 20.3 Å². The molecule has 0 bridgehead atoms. The molecule has 0 spiro atoms. The number of aryl methyl sites for hydroxylation is 2. The lowest BCUT2D eigenvalue weighted by molar-refractivity contribution is 0.173. The third-order valence-electron chi connectivity index (χ3n) is 12.1. The number of hydrogen-bond acceptors (Lipinski definition) is 7. The highest BCUT2D eigenvalue weighted by molar-refractivity contribution is 7.00. The lowest BCUT2D eigenvalue weighted by Crippen LogP contribution is -2.61. The van der Waals surface area contributed by atoms with Crippen molar-refractivity contribution in [2.24, 2.45) is 0 Å². The maximum atomic E-state index is 7.22. The molecule has 1 aromatic heterocycles. The van der Waals surface area contributed by atoms with Crippen LogP contribution >= 0.6 is 0 Å². The quantitative estimate of drug-likeness (QED) is 0.163. The summed E-state index contributed by atoms with van der Waals surface area (Å²) in [5, 5.41) is 1.11. The Morgan fingerprint density at radius 2 is 1.09 bits per heavy atom. The third kappa shape index (κ3) is 5.10. The van der Waals surface area contributed by atoms with Crippen molar-refractivity contribution in [3.8, 4) is 23.0 Å². The third-order valence-corrected chi connectivity index (χ3v) is 12.1. The van der Waals surface area contributed by atoms with Gasteiger partial charge >= 0.3 is 0 Å². The van der Waals surface area contributed by atoms with Crippen molar-refractivity contribution < 1.29 is 23.4 Å². The second-order valence-corrected chi connectivity index (χ2v) is 19.1. The van der Waals surface area contributed by atoms with Crippen LogP contribution in [-0.2, 0) is 16.2 Å². The average molecular weight is 745 g/mol. The molecule has 6 aromatic rings. The molecule has 56 heavy (non-hydrogen) atoms. The van der Waals surface area contributed by atoms with Crippen LogP contribution in [0.4, 0.5) is 34.1 Å². The first-order valence-corrected chi connectivity index (χ1v) is 19.8. The summed E-state index contributed by atoms with van der Waals surface area (Å²) in [6.45, 7) is 25.3. The van der Waals surface area contributed by atoms with Crippen molar-refractivity contribution in [1.82, 2.24) is 0 Å². The van der Waals surface area contributed by atoms with Gasteiger partial charge in [-0.1, -0.05) is 80.5 Å². The van der Waals surface area contributed by atoms with Crippen LogP contribution in [0, 0.1) is 13.8 Å². The SMILES string of the molecule is Cc1cc(C(C)(C)C)cc(C)c1N1c2cc(C(C)(C)C)cc3c2B(c2cc4c(cc2N3c2ccc3c(c2)OCO3)OCO4)c2oc3ccc(C(C)(C)C)cc3c21. The van der Waals surface area contributed by atoms with Gasteiger partial charge in [-0.3, -0.25) is 0 Å². The number of anilines is 6. The van der Waals surface area contributed by atoms with E-state index in [1.807, 2.05) is 6.07 Å². The molecule has 0 saturated carbocycles. The van der Waals surface area contributed by atoms with Crippen LogP contribution in [0.1, 0.15) is 90.1 Å². The smallest absolute Gasteiger partial charge is 0.297 e. The number of hydrogen-bond donors (Lipinski definition) is 0. The molecule has 5 heterocycles. The van der Waals surface area contributed by atoms with E-state index in [9.17, 15) is 0 Å². The predicted molar refractivity (Wildman–Crippen MR) is 228 cm³/mol. The van der Waals surface area contributed by atoms with Gasteiger partial charge in [0.25, 0.3) is 6.71 Å². The van der Waals surface area contributed by atoms with Gasteiger partial charge in [0, 0.05) is 34.6 Å². The van der Waals surface area contributed by atoms with E-state index >= 15 is 0 Å². The van der Waals surface area contributed by atoms with Gasteiger partial charge in [0.15, 0.2) is 23.0 Å². The molecule has 0 saturated heterocycles. The van der Waals surface area contributed by atoms with E-state index in [2.05, 4.69) is 153 Å². The number of fused-ring (bicyclic) bond motifs is 8. The zero-order valence-electron chi connectivity index (χ0n) is 34.4. The summed E-state index contributed by atoms with van der Waals surface area (Å²) in [4.78, 5) is 4.90. The number of benzene rings is 5. The molecule has 7 nitrogen and oxygen atoms in total. The number of furan rings is 1. The molecular formula is C48H49BN2O5. The first-order valence-electron chi connectivity index (χ1n) is 19.8. The maximum absolute atomic E-state index is 7.22. The molecule has 0 unspecified atom stereocenters. The van der Waals surface area contributed by atoms with Gasteiger partial charge in [0.1, 0.15) is 5.58 Å². The van der Waals surface area contributed by atoms with E-state index in [1.54, 1.807) is 0 Å².